The van der Waals surface area contributed by atoms with Crippen molar-refractivity contribution in [2.75, 3.05) is 13.2 Å². The molecular weight excluding hydrogens is 257 g/mol. The van der Waals surface area contributed by atoms with Crippen molar-refractivity contribution in [3.05, 3.63) is 35.4 Å². The fourth-order valence-electron chi connectivity index (χ4n) is 2.35. The summed E-state index contributed by atoms with van der Waals surface area (Å²) in [7, 11) is 0. The van der Waals surface area contributed by atoms with Crippen molar-refractivity contribution in [1.82, 2.24) is 0 Å². The van der Waals surface area contributed by atoms with Gasteiger partial charge in [-0.05, 0) is 24.8 Å². The van der Waals surface area contributed by atoms with Crippen LogP contribution in [0.15, 0.2) is 24.3 Å². The lowest BCUT2D eigenvalue weighted by atomic mass is 9.81. The molecule has 19 heavy (non-hydrogen) atoms. The smallest absolute Gasteiger partial charge is 0.372 e. The minimum atomic E-state index is -4.30. The third-order valence-electron chi connectivity index (χ3n) is 3.29. The van der Waals surface area contributed by atoms with E-state index in [9.17, 15) is 18.0 Å². The monoisotopic (exact) mass is 272 g/mol. The molecule has 0 bridgehead atoms. The van der Waals surface area contributed by atoms with Crippen LogP contribution in [0.5, 0.6) is 0 Å². The SMILES string of the molecule is O=C1c2ccccc2CCC1CCOCC(F)(F)F. The molecule has 5 heteroatoms. The van der Waals surface area contributed by atoms with Crippen LogP contribution in [0, 0.1) is 5.92 Å². The van der Waals surface area contributed by atoms with Crippen molar-refractivity contribution in [3.63, 3.8) is 0 Å². The molecule has 0 saturated carbocycles. The van der Waals surface area contributed by atoms with Gasteiger partial charge in [-0.3, -0.25) is 4.79 Å². The standard InChI is InChI=1S/C14H15F3O2/c15-14(16,17)9-19-8-7-11-6-5-10-3-1-2-4-12(10)13(11)18/h1-4,11H,5-9H2. The van der Waals surface area contributed by atoms with Crippen LogP contribution in [0.2, 0.25) is 0 Å². The van der Waals surface area contributed by atoms with Gasteiger partial charge in [-0.1, -0.05) is 24.3 Å². The van der Waals surface area contributed by atoms with Crippen molar-refractivity contribution >= 4 is 5.78 Å². The summed E-state index contributed by atoms with van der Waals surface area (Å²) in [5.74, 6) is -0.194. The fourth-order valence-corrected chi connectivity index (χ4v) is 2.35. The topological polar surface area (TPSA) is 26.3 Å². The largest absolute Gasteiger partial charge is 0.411 e. The van der Waals surface area contributed by atoms with Gasteiger partial charge in [0.05, 0.1) is 0 Å². The van der Waals surface area contributed by atoms with Gasteiger partial charge in [-0.15, -0.1) is 0 Å². The molecule has 1 aromatic carbocycles. The number of ketones is 1. The summed E-state index contributed by atoms with van der Waals surface area (Å²) in [6.45, 7) is -1.28. The average Bonchev–Trinajstić information content (AvgIpc) is 2.36. The van der Waals surface area contributed by atoms with Crippen LogP contribution in [0.25, 0.3) is 0 Å². The minimum absolute atomic E-state index is 0.0254. The second-order valence-electron chi connectivity index (χ2n) is 4.71. The lowest BCUT2D eigenvalue weighted by Crippen LogP contribution is -2.25. The highest BCUT2D eigenvalue weighted by atomic mass is 19.4. The molecule has 1 aliphatic rings. The zero-order chi connectivity index (χ0) is 13.9. The number of halogens is 3. The van der Waals surface area contributed by atoms with E-state index < -0.39 is 12.8 Å². The molecule has 0 N–H and O–H groups in total. The highest BCUT2D eigenvalue weighted by molar-refractivity contribution is 6.00. The number of hydrogen-bond donors (Lipinski definition) is 0. The number of carbonyl (C=O) groups excluding carboxylic acids is 1. The van der Waals surface area contributed by atoms with Crippen LogP contribution >= 0.6 is 0 Å². The summed E-state index contributed by atoms with van der Waals surface area (Å²) in [5.41, 5.74) is 1.73. The molecule has 0 fully saturated rings. The number of ether oxygens (including phenoxy) is 1. The van der Waals surface area contributed by atoms with Gasteiger partial charge >= 0.3 is 6.18 Å². The Morgan fingerprint density at radius 2 is 2.00 bits per heavy atom. The first-order valence-electron chi connectivity index (χ1n) is 6.24. The van der Waals surface area contributed by atoms with Crippen molar-refractivity contribution in [2.45, 2.75) is 25.4 Å². The Balaban J connectivity index is 1.85. The zero-order valence-electron chi connectivity index (χ0n) is 10.4. The second kappa shape index (κ2) is 5.74. The van der Waals surface area contributed by atoms with E-state index in [-0.39, 0.29) is 18.3 Å². The van der Waals surface area contributed by atoms with Crippen LogP contribution in [0.4, 0.5) is 13.2 Å². The van der Waals surface area contributed by atoms with Crippen molar-refractivity contribution in [3.8, 4) is 0 Å². The number of fused-ring (bicyclic) bond motifs is 1. The maximum absolute atomic E-state index is 12.1. The van der Waals surface area contributed by atoms with Gasteiger partial charge in [-0.25, -0.2) is 0 Å². The fraction of sp³-hybridized carbons (Fsp3) is 0.500. The van der Waals surface area contributed by atoms with E-state index >= 15 is 0 Å². The molecule has 0 amide bonds. The molecule has 2 rings (SSSR count). The van der Waals surface area contributed by atoms with Crippen molar-refractivity contribution in [1.29, 1.82) is 0 Å². The Kier molecular flexibility index (Phi) is 4.24. The van der Waals surface area contributed by atoms with Crippen LogP contribution in [-0.4, -0.2) is 25.2 Å². The molecule has 0 radical (unpaired) electrons. The van der Waals surface area contributed by atoms with Crippen molar-refractivity contribution < 1.29 is 22.7 Å². The Bertz CT molecular complexity index is 454. The molecule has 1 aromatic rings. The third kappa shape index (κ3) is 3.80. The minimum Gasteiger partial charge on any atom is -0.372 e. The molecule has 0 heterocycles. The van der Waals surface area contributed by atoms with E-state index in [2.05, 4.69) is 4.74 Å². The van der Waals surface area contributed by atoms with Crippen LogP contribution < -0.4 is 0 Å². The zero-order valence-corrected chi connectivity index (χ0v) is 10.4. The van der Waals surface area contributed by atoms with Gasteiger partial charge in [0.1, 0.15) is 6.61 Å². The predicted octanol–water partition coefficient (Wildman–Crippen LogP) is 3.40. The molecule has 0 aliphatic heterocycles. The number of rotatable bonds is 4. The summed E-state index contributed by atoms with van der Waals surface area (Å²) in [4.78, 5) is 12.1. The Hall–Kier alpha value is -1.36. The molecule has 1 atom stereocenters. The number of carbonyl (C=O) groups is 1. The van der Waals surface area contributed by atoms with E-state index in [0.29, 0.717) is 18.4 Å². The Morgan fingerprint density at radius 3 is 2.74 bits per heavy atom. The number of aryl methyl sites for hydroxylation is 1. The lowest BCUT2D eigenvalue weighted by Gasteiger charge is -2.23. The maximum Gasteiger partial charge on any atom is 0.411 e. The van der Waals surface area contributed by atoms with Crippen LogP contribution in [0.3, 0.4) is 0 Å². The van der Waals surface area contributed by atoms with Gasteiger partial charge in [0.25, 0.3) is 0 Å². The molecule has 2 nitrogen and oxygen atoms in total. The molecule has 1 unspecified atom stereocenters. The molecule has 0 spiro atoms. The highest BCUT2D eigenvalue weighted by Crippen LogP contribution is 2.27. The third-order valence-corrected chi connectivity index (χ3v) is 3.29. The van der Waals surface area contributed by atoms with E-state index in [4.69, 9.17) is 0 Å². The Labute approximate surface area is 109 Å². The number of alkyl halides is 3. The molecule has 104 valence electrons. The first kappa shape index (κ1) is 14.1. The first-order valence-corrected chi connectivity index (χ1v) is 6.24. The normalized spacial score (nSPS) is 19.3. The average molecular weight is 272 g/mol. The van der Waals surface area contributed by atoms with Gasteiger partial charge in [0.15, 0.2) is 5.78 Å². The highest BCUT2D eigenvalue weighted by Gasteiger charge is 2.29. The van der Waals surface area contributed by atoms with Gasteiger partial charge in [-0.2, -0.15) is 13.2 Å². The van der Waals surface area contributed by atoms with Gasteiger partial charge in [0, 0.05) is 18.1 Å². The van der Waals surface area contributed by atoms with Gasteiger partial charge < -0.3 is 4.74 Å². The van der Waals surface area contributed by atoms with Crippen LogP contribution in [0.1, 0.15) is 28.8 Å². The predicted molar refractivity (Wildman–Crippen MR) is 64.1 cm³/mol. The van der Waals surface area contributed by atoms with Crippen LogP contribution in [-0.2, 0) is 11.2 Å². The molecule has 0 saturated heterocycles. The van der Waals surface area contributed by atoms with E-state index in [0.717, 1.165) is 12.0 Å². The number of hydrogen-bond acceptors (Lipinski definition) is 2. The second-order valence-corrected chi connectivity index (χ2v) is 4.71. The first-order chi connectivity index (χ1) is 8.97. The molecule has 0 aromatic heterocycles. The lowest BCUT2D eigenvalue weighted by molar-refractivity contribution is -0.174. The van der Waals surface area contributed by atoms with E-state index in [1.54, 1.807) is 12.1 Å². The van der Waals surface area contributed by atoms with Crippen molar-refractivity contribution in [2.24, 2.45) is 5.92 Å². The summed E-state index contributed by atoms with van der Waals surface area (Å²) < 4.78 is 40.3. The van der Waals surface area contributed by atoms with E-state index in [1.165, 1.54) is 0 Å². The van der Waals surface area contributed by atoms with Gasteiger partial charge in [0.2, 0.25) is 0 Å². The maximum atomic E-state index is 12.1. The number of Topliss-reactive ketones (excluding diaryl/α,β-unsaturated/α-hetero) is 1. The quantitative estimate of drug-likeness (QED) is 0.785. The summed E-state index contributed by atoms with van der Waals surface area (Å²) in [6, 6.07) is 7.39. The summed E-state index contributed by atoms with van der Waals surface area (Å²) in [6.07, 6.45) is -2.47. The Morgan fingerprint density at radius 1 is 1.26 bits per heavy atom. The summed E-state index contributed by atoms with van der Waals surface area (Å²) >= 11 is 0. The summed E-state index contributed by atoms with van der Waals surface area (Å²) in [5, 5.41) is 0. The van der Waals surface area contributed by atoms with E-state index in [1.807, 2.05) is 12.1 Å². The molecular formula is C14H15F3O2. The number of benzene rings is 1. The molecule has 1 aliphatic carbocycles.